The number of allylic oxidation sites excluding steroid dienone is 3. The van der Waals surface area contributed by atoms with E-state index in [0.29, 0.717) is 6.54 Å². The number of nitrogens with zero attached hydrogens (tertiary/aromatic N) is 1. The van der Waals surface area contributed by atoms with Crippen molar-refractivity contribution in [3.05, 3.63) is 59.9 Å². The van der Waals surface area contributed by atoms with Gasteiger partial charge in [0, 0.05) is 11.4 Å². The topological polar surface area (TPSA) is 37.4 Å². The molecular formula is C16H17FN2O. The summed E-state index contributed by atoms with van der Waals surface area (Å²) in [6, 6.07) is 9.50. The van der Waals surface area contributed by atoms with Crippen molar-refractivity contribution < 1.29 is 9.13 Å². The summed E-state index contributed by atoms with van der Waals surface area (Å²) in [5.41, 5.74) is 2.76. The molecule has 2 heterocycles. The third-order valence-electron chi connectivity index (χ3n) is 2.85. The molecule has 1 N–H and O–H groups in total. The van der Waals surface area contributed by atoms with E-state index in [9.17, 15) is 4.39 Å². The molecule has 2 rings (SSSR count). The quantitative estimate of drug-likeness (QED) is 0.874. The van der Waals surface area contributed by atoms with E-state index in [2.05, 4.69) is 9.98 Å². The zero-order chi connectivity index (χ0) is 14.4. The van der Waals surface area contributed by atoms with Crippen LogP contribution >= 0.6 is 0 Å². The van der Waals surface area contributed by atoms with Crippen LogP contribution in [0.2, 0.25) is 0 Å². The second-order valence-corrected chi connectivity index (χ2v) is 4.34. The summed E-state index contributed by atoms with van der Waals surface area (Å²) in [7, 11) is 1.63. The third-order valence-corrected chi connectivity index (χ3v) is 2.85. The zero-order valence-electron chi connectivity index (χ0n) is 11.6. The van der Waals surface area contributed by atoms with E-state index in [1.54, 1.807) is 13.2 Å². The van der Waals surface area contributed by atoms with Crippen molar-refractivity contribution in [3.8, 4) is 5.75 Å². The molecule has 0 unspecified atom stereocenters. The van der Waals surface area contributed by atoms with Gasteiger partial charge in [-0.05, 0) is 48.9 Å². The highest BCUT2D eigenvalue weighted by Crippen LogP contribution is 2.16. The highest BCUT2D eigenvalue weighted by atomic mass is 19.1. The van der Waals surface area contributed by atoms with Gasteiger partial charge in [-0.25, -0.2) is 0 Å². The monoisotopic (exact) mass is 272 g/mol. The molecule has 1 aromatic heterocycles. The van der Waals surface area contributed by atoms with Crippen molar-refractivity contribution in [1.29, 1.82) is 0 Å². The van der Waals surface area contributed by atoms with Crippen molar-refractivity contribution in [2.45, 2.75) is 6.92 Å². The minimum Gasteiger partial charge on any atom is -0.497 e. The Labute approximate surface area is 117 Å². The van der Waals surface area contributed by atoms with E-state index < -0.39 is 5.97 Å². The van der Waals surface area contributed by atoms with Gasteiger partial charge in [0.2, 0.25) is 5.97 Å². The standard InChI is InChI=1S/C16H17FN2O/c1-12-6-8-14(20-2)4-3-5-15(19-12)13-7-9-16(17)18-11-10-13/h3-10,19H,11H2,1-2H3. The van der Waals surface area contributed by atoms with Gasteiger partial charge < -0.3 is 9.72 Å². The Bertz CT molecular complexity index is 625. The second kappa shape index (κ2) is 6.70. The fourth-order valence-corrected chi connectivity index (χ4v) is 1.81. The van der Waals surface area contributed by atoms with Gasteiger partial charge in [-0.1, -0.05) is 12.1 Å². The lowest BCUT2D eigenvalue weighted by Crippen LogP contribution is -1.87. The number of aromatic nitrogens is 1. The Morgan fingerprint density at radius 3 is 2.85 bits per heavy atom. The fraction of sp³-hybridized carbons (Fsp3) is 0.188. The van der Waals surface area contributed by atoms with Crippen LogP contribution < -0.4 is 4.74 Å². The Balaban J connectivity index is 2.47. The third kappa shape index (κ3) is 3.82. The average molecular weight is 272 g/mol. The van der Waals surface area contributed by atoms with Crippen LogP contribution in [-0.4, -0.2) is 24.6 Å². The van der Waals surface area contributed by atoms with Crippen LogP contribution in [0.5, 0.6) is 5.75 Å². The Morgan fingerprint density at radius 2 is 2.05 bits per heavy atom. The molecule has 0 aromatic carbocycles. The van der Waals surface area contributed by atoms with Crippen molar-refractivity contribution in [2.24, 2.45) is 4.99 Å². The van der Waals surface area contributed by atoms with E-state index in [1.165, 1.54) is 6.08 Å². The van der Waals surface area contributed by atoms with E-state index in [1.807, 2.05) is 43.3 Å². The Morgan fingerprint density at radius 1 is 1.20 bits per heavy atom. The molecule has 0 aliphatic carbocycles. The molecular weight excluding hydrogens is 255 g/mol. The molecule has 1 aliphatic rings. The van der Waals surface area contributed by atoms with E-state index in [-0.39, 0.29) is 0 Å². The first-order valence-corrected chi connectivity index (χ1v) is 6.35. The summed E-state index contributed by atoms with van der Waals surface area (Å²) < 4.78 is 18.3. The number of nitrogens with one attached hydrogen (secondary N) is 1. The molecule has 0 amide bonds. The highest BCUT2D eigenvalue weighted by molar-refractivity contribution is 5.91. The van der Waals surface area contributed by atoms with Crippen molar-refractivity contribution >= 4 is 11.5 Å². The van der Waals surface area contributed by atoms with Gasteiger partial charge in [0.1, 0.15) is 5.75 Å². The number of H-pyrrole nitrogens is 1. The maximum atomic E-state index is 13.1. The molecule has 20 heavy (non-hydrogen) atoms. The normalized spacial score (nSPS) is 13.9. The van der Waals surface area contributed by atoms with Gasteiger partial charge in [-0.15, -0.1) is 0 Å². The van der Waals surface area contributed by atoms with Gasteiger partial charge in [0.05, 0.1) is 13.7 Å². The number of hydrogen-bond acceptors (Lipinski definition) is 2. The first kappa shape index (κ1) is 14.1. The smallest absolute Gasteiger partial charge is 0.208 e. The maximum absolute atomic E-state index is 13.1. The number of methoxy groups -OCH3 is 1. The minimum absolute atomic E-state index is 0.335. The lowest BCUT2D eigenvalue weighted by molar-refractivity contribution is 0.415. The van der Waals surface area contributed by atoms with Gasteiger partial charge >= 0.3 is 0 Å². The molecule has 0 fully saturated rings. The fourth-order valence-electron chi connectivity index (χ4n) is 1.81. The molecule has 104 valence electrons. The Kier molecular flexibility index (Phi) is 4.71. The summed E-state index contributed by atoms with van der Waals surface area (Å²) in [5.74, 6) is 0.314. The number of rotatable bonds is 2. The van der Waals surface area contributed by atoms with Crippen LogP contribution in [0.15, 0.2) is 53.6 Å². The number of aromatic amines is 1. The zero-order valence-corrected chi connectivity index (χ0v) is 11.6. The summed E-state index contributed by atoms with van der Waals surface area (Å²) in [6.45, 7) is 2.29. The van der Waals surface area contributed by atoms with Crippen molar-refractivity contribution in [2.75, 3.05) is 13.7 Å². The highest BCUT2D eigenvalue weighted by Gasteiger charge is 2.01. The molecule has 3 nitrogen and oxygen atoms in total. The molecule has 0 radical (unpaired) electrons. The largest absolute Gasteiger partial charge is 0.497 e. The van der Waals surface area contributed by atoms with Crippen molar-refractivity contribution in [3.63, 3.8) is 0 Å². The average Bonchev–Trinajstić information content (AvgIpc) is 2.60. The minimum atomic E-state index is -0.453. The lowest BCUT2D eigenvalue weighted by Gasteiger charge is -2.00. The second-order valence-electron chi connectivity index (χ2n) is 4.34. The summed E-state index contributed by atoms with van der Waals surface area (Å²) >= 11 is 0. The number of halogens is 1. The summed E-state index contributed by atoms with van der Waals surface area (Å²) in [5, 5.41) is 0. The molecule has 0 spiro atoms. The molecule has 4 heteroatoms. The first-order valence-electron chi connectivity index (χ1n) is 6.35. The number of aliphatic imine (C=N–C) groups is 1. The molecule has 0 saturated carbocycles. The predicted octanol–water partition coefficient (Wildman–Crippen LogP) is 3.78. The molecule has 1 aliphatic heterocycles. The van der Waals surface area contributed by atoms with Crippen LogP contribution in [-0.2, 0) is 0 Å². The number of aryl methyl sites for hydroxylation is 1. The summed E-state index contributed by atoms with van der Waals surface area (Å²) in [6.07, 6.45) is 4.97. The van der Waals surface area contributed by atoms with Crippen LogP contribution in [0.4, 0.5) is 4.39 Å². The number of ether oxygens (including phenoxy) is 1. The van der Waals surface area contributed by atoms with Crippen molar-refractivity contribution in [1.82, 2.24) is 4.98 Å². The predicted molar refractivity (Wildman–Crippen MR) is 80.2 cm³/mol. The van der Waals surface area contributed by atoms with Crippen LogP contribution in [0.25, 0.3) is 5.57 Å². The summed E-state index contributed by atoms with van der Waals surface area (Å²) in [4.78, 5) is 7.04. The van der Waals surface area contributed by atoms with Gasteiger partial charge in [-0.2, -0.15) is 4.39 Å². The Hall–Kier alpha value is -2.36. The van der Waals surface area contributed by atoms with E-state index >= 15 is 0 Å². The van der Waals surface area contributed by atoms with Crippen LogP contribution in [0.1, 0.15) is 11.4 Å². The van der Waals surface area contributed by atoms with Crippen LogP contribution in [0, 0.1) is 6.92 Å². The van der Waals surface area contributed by atoms with Gasteiger partial charge in [0.15, 0.2) is 0 Å². The lowest BCUT2D eigenvalue weighted by atomic mass is 10.1. The van der Waals surface area contributed by atoms with Gasteiger partial charge in [0.25, 0.3) is 0 Å². The molecule has 0 saturated heterocycles. The van der Waals surface area contributed by atoms with Crippen LogP contribution in [0.3, 0.4) is 0 Å². The molecule has 1 aromatic rings. The molecule has 0 bridgehead atoms. The number of hydrogen-bond donors (Lipinski definition) is 1. The maximum Gasteiger partial charge on any atom is 0.208 e. The van der Waals surface area contributed by atoms with E-state index in [0.717, 1.165) is 22.7 Å². The SMILES string of the molecule is COc1cccc(C2=CCN=C(F)C=C2)[nH]c(C)cc1. The first-order chi connectivity index (χ1) is 9.69. The molecule has 0 atom stereocenters. The van der Waals surface area contributed by atoms with E-state index in [4.69, 9.17) is 4.74 Å². The van der Waals surface area contributed by atoms with Gasteiger partial charge in [-0.3, -0.25) is 4.99 Å².